The largest absolute Gasteiger partial charge is 0.481 e. The van der Waals surface area contributed by atoms with Crippen LogP contribution < -0.4 is 10.1 Å². The molecule has 0 bridgehead atoms. The van der Waals surface area contributed by atoms with Crippen LogP contribution in [0.1, 0.15) is 12.6 Å². The molecule has 0 aliphatic rings. The summed E-state index contributed by atoms with van der Waals surface area (Å²) in [6.45, 7) is 3.60. The van der Waals surface area contributed by atoms with Crippen molar-refractivity contribution in [3.8, 4) is 5.75 Å². The maximum Gasteiger partial charge on any atom is 0.266 e. The second kappa shape index (κ2) is 5.64. The van der Waals surface area contributed by atoms with Crippen LogP contribution in [0.25, 0.3) is 0 Å². The Hall–Kier alpha value is -1.88. The number of anilines is 1. The van der Waals surface area contributed by atoms with E-state index in [1.807, 2.05) is 42.6 Å². The average molecular weight is 262 g/mol. The van der Waals surface area contributed by atoms with Gasteiger partial charge in [0.2, 0.25) is 0 Å². The number of rotatable bonds is 4. The van der Waals surface area contributed by atoms with E-state index in [1.165, 1.54) is 11.3 Å². The van der Waals surface area contributed by atoms with Gasteiger partial charge in [-0.05, 0) is 26.0 Å². The fourth-order valence-corrected chi connectivity index (χ4v) is 2.07. The minimum atomic E-state index is -0.559. The number of carbonyl (C=O) groups excluding carboxylic acids is 1. The molecule has 2 rings (SSSR count). The van der Waals surface area contributed by atoms with Crippen molar-refractivity contribution in [2.24, 2.45) is 0 Å². The Morgan fingerprint density at radius 3 is 2.72 bits per heavy atom. The summed E-state index contributed by atoms with van der Waals surface area (Å²) in [4.78, 5) is 16.0. The van der Waals surface area contributed by atoms with E-state index in [4.69, 9.17) is 4.74 Å². The van der Waals surface area contributed by atoms with E-state index in [-0.39, 0.29) is 5.91 Å². The van der Waals surface area contributed by atoms with Crippen molar-refractivity contribution in [3.05, 3.63) is 41.4 Å². The number of thiazole rings is 1. The average Bonchev–Trinajstić information content (AvgIpc) is 2.76. The molecule has 0 fully saturated rings. The highest BCUT2D eigenvalue weighted by Crippen LogP contribution is 2.16. The van der Waals surface area contributed by atoms with Crippen LogP contribution in [0.5, 0.6) is 5.75 Å². The quantitative estimate of drug-likeness (QED) is 0.921. The van der Waals surface area contributed by atoms with Gasteiger partial charge in [-0.3, -0.25) is 10.1 Å². The van der Waals surface area contributed by atoms with Crippen molar-refractivity contribution < 1.29 is 9.53 Å². The van der Waals surface area contributed by atoms with E-state index in [0.717, 1.165) is 5.69 Å². The summed E-state index contributed by atoms with van der Waals surface area (Å²) in [5, 5.41) is 5.21. The van der Waals surface area contributed by atoms with E-state index in [2.05, 4.69) is 10.3 Å². The minimum Gasteiger partial charge on any atom is -0.481 e. The molecule has 1 aromatic carbocycles. The van der Waals surface area contributed by atoms with Gasteiger partial charge in [0.15, 0.2) is 11.2 Å². The van der Waals surface area contributed by atoms with Gasteiger partial charge in [0.25, 0.3) is 5.91 Å². The molecule has 1 aromatic heterocycles. The summed E-state index contributed by atoms with van der Waals surface area (Å²) in [6, 6.07) is 9.26. The lowest BCUT2D eigenvalue weighted by Crippen LogP contribution is -2.30. The van der Waals surface area contributed by atoms with Crippen molar-refractivity contribution in [3.63, 3.8) is 0 Å². The van der Waals surface area contributed by atoms with Crippen molar-refractivity contribution in [2.75, 3.05) is 5.32 Å². The van der Waals surface area contributed by atoms with E-state index >= 15 is 0 Å². The Kier molecular flexibility index (Phi) is 3.94. The van der Waals surface area contributed by atoms with E-state index in [0.29, 0.717) is 10.9 Å². The van der Waals surface area contributed by atoms with Crippen LogP contribution in [0.4, 0.5) is 5.13 Å². The first-order valence-electron chi connectivity index (χ1n) is 5.60. The minimum absolute atomic E-state index is 0.201. The molecule has 0 radical (unpaired) electrons. The van der Waals surface area contributed by atoms with Gasteiger partial charge < -0.3 is 4.74 Å². The lowest BCUT2D eigenvalue weighted by molar-refractivity contribution is -0.122. The maximum absolute atomic E-state index is 11.9. The highest BCUT2D eigenvalue weighted by atomic mass is 32.1. The number of nitrogens with one attached hydrogen (secondary N) is 1. The molecule has 0 aliphatic carbocycles. The monoisotopic (exact) mass is 262 g/mol. The highest BCUT2D eigenvalue weighted by molar-refractivity contribution is 7.13. The smallest absolute Gasteiger partial charge is 0.266 e. The van der Waals surface area contributed by atoms with Crippen LogP contribution in [0.3, 0.4) is 0 Å². The lowest BCUT2D eigenvalue weighted by Gasteiger charge is -2.13. The van der Waals surface area contributed by atoms with Gasteiger partial charge in [-0.25, -0.2) is 4.98 Å². The highest BCUT2D eigenvalue weighted by Gasteiger charge is 2.15. The molecule has 0 saturated heterocycles. The Bertz CT molecular complexity index is 525. The summed E-state index contributed by atoms with van der Waals surface area (Å²) in [6.07, 6.45) is -0.559. The number of carbonyl (C=O) groups is 1. The van der Waals surface area contributed by atoms with Gasteiger partial charge >= 0.3 is 0 Å². The zero-order valence-corrected chi connectivity index (χ0v) is 11.0. The second-order valence-corrected chi connectivity index (χ2v) is 4.71. The summed E-state index contributed by atoms with van der Waals surface area (Å²) in [5.74, 6) is 0.476. The van der Waals surface area contributed by atoms with Crippen LogP contribution in [-0.4, -0.2) is 17.0 Å². The number of ether oxygens (including phenoxy) is 1. The predicted octanol–water partition coefficient (Wildman–Crippen LogP) is 2.86. The van der Waals surface area contributed by atoms with Crippen molar-refractivity contribution in [1.82, 2.24) is 4.98 Å². The summed E-state index contributed by atoms with van der Waals surface area (Å²) >= 11 is 1.40. The first kappa shape index (κ1) is 12.6. The summed E-state index contributed by atoms with van der Waals surface area (Å²) in [5.41, 5.74) is 0.895. The Morgan fingerprint density at radius 2 is 2.11 bits per heavy atom. The fraction of sp³-hybridized carbons (Fsp3) is 0.231. The van der Waals surface area contributed by atoms with Crippen LogP contribution in [0.15, 0.2) is 35.7 Å². The predicted molar refractivity (Wildman–Crippen MR) is 72.0 cm³/mol. The first-order chi connectivity index (χ1) is 8.65. The number of hydrogen-bond acceptors (Lipinski definition) is 4. The zero-order chi connectivity index (χ0) is 13.0. The normalized spacial score (nSPS) is 11.9. The number of benzene rings is 1. The number of nitrogens with zero attached hydrogens (tertiary/aromatic N) is 1. The SMILES string of the molecule is Cc1csc(NC(=O)[C@H](C)Oc2ccccc2)n1. The number of hydrogen-bond donors (Lipinski definition) is 1. The molecule has 0 unspecified atom stereocenters. The molecule has 1 N–H and O–H groups in total. The van der Waals surface area contributed by atoms with Crippen LogP contribution in [0.2, 0.25) is 0 Å². The van der Waals surface area contributed by atoms with E-state index < -0.39 is 6.10 Å². The molecule has 0 spiro atoms. The second-order valence-electron chi connectivity index (χ2n) is 3.86. The van der Waals surface area contributed by atoms with Crippen LogP contribution in [-0.2, 0) is 4.79 Å². The van der Waals surface area contributed by atoms with Crippen molar-refractivity contribution in [1.29, 1.82) is 0 Å². The molecular weight excluding hydrogens is 248 g/mol. The Balaban J connectivity index is 1.93. The van der Waals surface area contributed by atoms with Gasteiger partial charge in [-0.15, -0.1) is 11.3 Å². The van der Waals surface area contributed by atoms with E-state index in [1.54, 1.807) is 6.92 Å². The molecular formula is C13H14N2O2S. The zero-order valence-electron chi connectivity index (χ0n) is 10.2. The molecule has 1 heterocycles. The summed E-state index contributed by atoms with van der Waals surface area (Å²) < 4.78 is 5.52. The molecule has 1 amide bonds. The Labute approximate surface area is 110 Å². The lowest BCUT2D eigenvalue weighted by atomic mass is 10.3. The Morgan fingerprint density at radius 1 is 1.39 bits per heavy atom. The third kappa shape index (κ3) is 3.30. The third-order valence-electron chi connectivity index (χ3n) is 2.27. The topological polar surface area (TPSA) is 51.2 Å². The molecule has 4 nitrogen and oxygen atoms in total. The fourth-order valence-electron chi connectivity index (χ4n) is 1.38. The first-order valence-corrected chi connectivity index (χ1v) is 6.48. The molecule has 0 aliphatic heterocycles. The molecule has 2 aromatic rings. The number of amides is 1. The number of aromatic nitrogens is 1. The van der Waals surface area contributed by atoms with Crippen LogP contribution in [0, 0.1) is 6.92 Å². The maximum atomic E-state index is 11.9. The standard InChI is InChI=1S/C13H14N2O2S/c1-9-8-18-13(14-9)15-12(16)10(2)17-11-6-4-3-5-7-11/h3-8,10H,1-2H3,(H,14,15,16)/t10-/m0/s1. The molecule has 94 valence electrons. The molecule has 5 heteroatoms. The van der Waals surface area contributed by atoms with Crippen LogP contribution >= 0.6 is 11.3 Å². The van der Waals surface area contributed by atoms with Crippen molar-refractivity contribution >= 4 is 22.4 Å². The summed E-state index contributed by atoms with van der Waals surface area (Å²) in [7, 11) is 0. The van der Waals surface area contributed by atoms with Crippen molar-refractivity contribution in [2.45, 2.75) is 20.0 Å². The molecule has 1 atom stereocenters. The van der Waals surface area contributed by atoms with E-state index in [9.17, 15) is 4.79 Å². The number of para-hydroxylation sites is 1. The molecule has 0 saturated carbocycles. The third-order valence-corrected chi connectivity index (χ3v) is 3.15. The van der Waals surface area contributed by atoms with Gasteiger partial charge in [-0.2, -0.15) is 0 Å². The molecule has 18 heavy (non-hydrogen) atoms. The number of aryl methyl sites for hydroxylation is 1. The van der Waals surface area contributed by atoms with Gasteiger partial charge in [0, 0.05) is 5.38 Å². The van der Waals surface area contributed by atoms with Gasteiger partial charge in [-0.1, -0.05) is 18.2 Å². The van der Waals surface area contributed by atoms with Gasteiger partial charge in [0.1, 0.15) is 5.75 Å². The van der Waals surface area contributed by atoms with Gasteiger partial charge in [0.05, 0.1) is 5.69 Å².